The van der Waals surface area contributed by atoms with Gasteiger partial charge in [-0.15, -0.1) is 0 Å². The second-order valence-corrected chi connectivity index (χ2v) is 9.35. The second kappa shape index (κ2) is 10.5. The van der Waals surface area contributed by atoms with Gasteiger partial charge in [-0.2, -0.15) is 9.41 Å². The average Bonchev–Trinajstić information content (AvgIpc) is 2.76. The molecule has 1 amide bonds. The first-order valence-corrected chi connectivity index (χ1v) is 11.5. The molecular formula is C23H21ClFN3O3S. The lowest BCUT2D eigenvalue weighted by Crippen LogP contribution is -2.39. The molecule has 0 radical (unpaired) electrons. The molecule has 0 aliphatic heterocycles. The summed E-state index contributed by atoms with van der Waals surface area (Å²) in [4.78, 5) is 12.6. The molecular weight excluding hydrogens is 453 g/mol. The molecule has 0 saturated carbocycles. The van der Waals surface area contributed by atoms with E-state index in [4.69, 9.17) is 11.6 Å². The number of carbonyl (C=O) groups excluding carboxylic acids is 1. The van der Waals surface area contributed by atoms with E-state index in [1.54, 1.807) is 36.4 Å². The summed E-state index contributed by atoms with van der Waals surface area (Å²) in [7, 11) is -3.96. The van der Waals surface area contributed by atoms with Crippen LogP contribution in [0.1, 0.15) is 16.7 Å². The van der Waals surface area contributed by atoms with Gasteiger partial charge >= 0.3 is 0 Å². The van der Waals surface area contributed by atoms with Gasteiger partial charge in [0.15, 0.2) is 0 Å². The molecule has 0 unspecified atom stereocenters. The van der Waals surface area contributed by atoms with Crippen LogP contribution >= 0.6 is 11.6 Å². The van der Waals surface area contributed by atoms with Crippen molar-refractivity contribution in [3.63, 3.8) is 0 Å². The van der Waals surface area contributed by atoms with Crippen molar-refractivity contribution >= 4 is 33.7 Å². The molecule has 3 aromatic carbocycles. The lowest BCUT2D eigenvalue weighted by atomic mass is 10.2. The van der Waals surface area contributed by atoms with Crippen molar-refractivity contribution in [1.29, 1.82) is 0 Å². The van der Waals surface area contributed by atoms with Gasteiger partial charge in [-0.3, -0.25) is 4.79 Å². The zero-order valence-electron chi connectivity index (χ0n) is 17.2. The fourth-order valence-electron chi connectivity index (χ4n) is 2.87. The number of hydrogen-bond donors (Lipinski definition) is 1. The molecule has 0 fully saturated rings. The highest BCUT2D eigenvalue weighted by atomic mass is 35.5. The molecule has 32 heavy (non-hydrogen) atoms. The summed E-state index contributed by atoms with van der Waals surface area (Å²) in [5.74, 6) is -1.27. The van der Waals surface area contributed by atoms with Crippen LogP contribution in [-0.4, -0.2) is 31.4 Å². The highest BCUT2D eigenvalue weighted by molar-refractivity contribution is 7.89. The predicted molar refractivity (Wildman–Crippen MR) is 122 cm³/mol. The first-order valence-electron chi connectivity index (χ1n) is 9.64. The normalized spacial score (nSPS) is 11.8. The molecule has 0 bridgehead atoms. The number of rotatable bonds is 8. The summed E-state index contributed by atoms with van der Waals surface area (Å²) in [6, 6.07) is 19.5. The highest BCUT2D eigenvalue weighted by Gasteiger charge is 2.26. The summed E-state index contributed by atoms with van der Waals surface area (Å²) < 4.78 is 41.3. The Morgan fingerprint density at radius 2 is 1.75 bits per heavy atom. The third kappa shape index (κ3) is 6.00. The topological polar surface area (TPSA) is 78.8 Å². The Morgan fingerprint density at radius 1 is 1.06 bits per heavy atom. The van der Waals surface area contributed by atoms with Crippen LogP contribution in [0, 0.1) is 12.7 Å². The maximum Gasteiger partial charge on any atom is 0.255 e. The lowest BCUT2D eigenvalue weighted by Gasteiger charge is -2.21. The van der Waals surface area contributed by atoms with E-state index in [-0.39, 0.29) is 22.0 Å². The Kier molecular flexibility index (Phi) is 7.74. The molecule has 0 heterocycles. The summed E-state index contributed by atoms with van der Waals surface area (Å²) in [6.07, 6.45) is 1.07. The molecule has 9 heteroatoms. The summed E-state index contributed by atoms with van der Waals surface area (Å²) in [5.41, 5.74) is 3.88. The Balaban J connectivity index is 1.79. The summed E-state index contributed by atoms with van der Waals surface area (Å²) >= 11 is 5.93. The van der Waals surface area contributed by atoms with Gasteiger partial charge in [-0.05, 0) is 36.8 Å². The van der Waals surface area contributed by atoms with Gasteiger partial charge in [-0.1, -0.05) is 65.7 Å². The number of sulfonamides is 1. The minimum atomic E-state index is -3.96. The van der Waals surface area contributed by atoms with Crippen LogP contribution in [0.3, 0.4) is 0 Å². The van der Waals surface area contributed by atoms with Crippen molar-refractivity contribution in [3.8, 4) is 0 Å². The van der Waals surface area contributed by atoms with E-state index in [1.807, 2.05) is 13.0 Å². The van der Waals surface area contributed by atoms with E-state index < -0.39 is 28.3 Å². The molecule has 3 aromatic rings. The van der Waals surface area contributed by atoms with E-state index in [0.717, 1.165) is 21.6 Å². The van der Waals surface area contributed by atoms with Gasteiger partial charge in [0.25, 0.3) is 5.91 Å². The van der Waals surface area contributed by atoms with Crippen LogP contribution in [0.15, 0.2) is 82.8 Å². The van der Waals surface area contributed by atoms with Gasteiger partial charge in [0.05, 0.1) is 22.7 Å². The van der Waals surface area contributed by atoms with Crippen LogP contribution in [0.25, 0.3) is 0 Å². The predicted octanol–water partition coefficient (Wildman–Crippen LogP) is 4.13. The van der Waals surface area contributed by atoms with Gasteiger partial charge in [-0.25, -0.2) is 18.2 Å². The standard InChI is InChI=1S/C23H21ClFN3O3S/c1-17-10-12-19(13-11-17)32(30,31)28(15-18-6-3-2-4-7-18)16-23(29)27-26-14-20-21(24)8-5-9-22(20)25/h2-14H,15-16H2,1H3,(H,27,29)/b26-14-. The fourth-order valence-corrected chi connectivity index (χ4v) is 4.47. The first-order chi connectivity index (χ1) is 15.3. The minimum Gasteiger partial charge on any atom is -0.272 e. The van der Waals surface area contributed by atoms with Gasteiger partial charge in [0.2, 0.25) is 10.0 Å². The van der Waals surface area contributed by atoms with Crippen molar-refractivity contribution in [3.05, 3.63) is 100 Å². The molecule has 6 nitrogen and oxygen atoms in total. The zero-order chi connectivity index (χ0) is 23.1. The fraction of sp³-hybridized carbons (Fsp3) is 0.130. The van der Waals surface area contributed by atoms with Crippen molar-refractivity contribution in [2.24, 2.45) is 5.10 Å². The van der Waals surface area contributed by atoms with Gasteiger partial charge < -0.3 is 0 Å². The van der Waals surface area contributed by atoms with Gasteiger partial charge in [0.1, 0.15) is 5.82 Å². The molecule has 0 spiro atoms. The van der Waals surface area contributed by atoms with E-state index in [1.165, 1.54) is 30.3 Å². The Hall–Kier alpha value is -3.07. The van der Waals surface area contributed by atoms with Crippen molar-refractivity contribution in [2.75, 3.05) is 6.54 Å². The number of hydrazone groups is 1. The lowest BCUT2D eigenvalue weighted by molar-refractivity contribution is -0.121. The molecule has 0 aromatic heterocycles. The monoisotopic (exact) mass is 473 g/mol. The van der Waals surface area contributed by atoms with Crippen LogP contribution in [0.4, 0.5) is 4.39 Å². The minimum absolute atomic E-state index is 0.00662. The molecule has 0 aliphatic carbocycles. The molecule has 0 saturated heterocycles. The first kappa shape index (κ1) is 23.6. The number of benzene rings is 3. The van der Waals surface area contributed by atoms with Crippen LogP contribution in [-0.2, 0) is 21.4 Å². The Bertz CT molecular complexity index is 1200. The Morgan fingerprint density at radius 3 is 2.41 bits per heavy atom. The van der Waals surface area contributed by atoms with Crippen LogP contribution in [0.5, 0.6) is 0 Å². The van der Waals surface area contributed by atoms with Gasteiger partial charge in [0, 0.05) is 12.1 Å². The van der Waals surface area contributed by atoms with Crippen LogP contribution < -0.4 is 5.43 Å². The maximum absolute atomic E-state index is 13.8. The van der Waals surface area contributed by atoms with E-state index in [9.17, 15) is 17.6 Å². The number of nitrogens with zero attached hydrogens (tertiary/aromatic N) is 2. The Labute approximate surface area is 191 Å². The molecule has 0 atom stereocenters. The highest BCUT2D eigenvalue weighted by Crippen LogP contribution is 2.19. The largest absolute Gasteiger partial charge is 0.272 e. The smallest absolute Gasteiger partial charge is 0.255 e. The summed E-state index contributed by atoms with van der Waals surface area (Å²) in [6.45, 7) is 1.37. The van der Waals surface area contributed by atoms with Crippen LogP contribution in [0.2, 0.25) is 5.02 Å². The van der Waals surface area contributed by atoms with E-state index >= 15 is 0 Å². The average molecular weight is 474 g/mol. The number of halogens is 2. The second-order valence-electron chi connectivity index (χ2n) is 7.00. The number of nitrogens with one attached hydrogen (secondary N) is 1. The van der Waals surface area contributed by atoms with Crippen molar-refractivity contribution in [1.82, 2.24) is 9.73 Å². The maximum atomic E-state index is 13.8. The number of amides is 1. The van der Waals surface area contributed by atoms with Crippen molar-refractivity contribution in [2.45, 2.75) is 18.4 Å². The molecule has 3 rings (SSSR count). The zero-order valence-corrected chi connectivity index (χ0v) is 18.8. The van der Waals surface area contributed by atoms with E-state index in [0.29, 0.717) is 0 Å². The number of aryl methyl sites for hydroxylation is 1. The molecule has 166 valence electrons. The third-order valence-electron chi connectivity index (χ3n) is 4.56. The quantitative estimate of drug-likeness (QED) is 0.394. The molecule has 0 aliphatic rings. The third-order valence-corrected chi connectivity index (χ3v) is 6.70. The summed E-state index contributed by atoms with van der Waals surface area (Å²) in [5, 5.41) is 3.85. The van der Waals surface area contributed by atoms with Crippen molar-refractivity contribution < 1.29 is 17.6 Å². The number of hydrogen-bond acceptors (Lipinski definition) is 4. The molecule has 1 N–H and O–H groups in total. The van der Waals surface area contributed by atoms with E-state index in [2.05, 4.69) is 10.5 Å². The number of carbonyl (C=O) groups is 1. The SMILES string of the molecule is Cc1ccc(S(=O)(=O)N(CC(=O)N/N=C\c2c(F)cccc2Cl)Cc2ccccc2)cc1.